The number of carbonyl (C=O) groups excluding carboxylic acids is 1. The van der Waals surface area contributed by atoms with Crippen molar-refractivity contribution in [1.82, 2.24) is 4.90 Å². The number of hydrogen-bond acceptors (Lipinski definition) is 3. The molecule has 1 saturated heterocycles. The minimum absolute atomic E-state index is 0.143. The van der Waals surface area contributed by atoms with Crippen LogP contribution in [0.3, 0.4) is 0 Å². The highest BCUT2D eigenvalue weighted by molar-refractivity contribution is 5.97. The van der Waals surface area contributed by atoms with Crippen LogP contribution in [0.25, 0.3) is 10.4 Å². The van der Waals surface area contributed by atoms with Gasteiger partial charge in [0.2, 0.25) is 5.78 Å². The van der Waals surface area contributed by atoms with E-state index in [2.05, 4.69) is 29.0 Å². The molecule has 0 amide bonds. The van der Waals surface area contributed by atoms with Crippen molar-refractivity contribution in [2.45, 2.75) is 0 Å². The zero-order chi connectivity index (χ0) is 14.6. The minimum Gasteiger partial charge on any atom is -0.317 e. The summed E-state index contributed by atoms with van der Waals surface area (Å²) in [4.78, 5) is 17.4. The Morgan fingerprint density at radius 1 is 1.35 bits per heavy atom. The van der Waals surface area contributed by atoms with E-state index in [1.807, 2.05) is 0 Å². The Morgan fingerprint density at radius 2 is 1.95 bits per heavy atom. The first-order chi connectivity index (χ1) is 9.52. The Morgan fingerprint density at radius 3 is 2.50 bits per heavy atom. The number of carbonyl (C=O) groups is 1. The van der Waals surface area contributed by atoms with Crippen molar-refractivity contribution in [3.63, 3.8) is 0 Å². The molecule has 106 valence electrons. The summed E-state index contributed by atoms with van der Waals surface area (Å²) in [5, 5.41) is 3.50. The molecular formula is C14H20N5O+. The topological polar surface area (TPSA) is 69.1 Å². The number of azide groups is 1. The molecule has 0 atom stereocenters. The molecule has 0 unspecified atom stereocenters. The van der Waals surface area contributed by atoms with E-state index in [0.717, 1.165) is 30.7 Å². The summed E-state index contributed by atoms with van der Waals surface area (Å²) in [7, 11) is 4.25. The van der Waals surface area contributed by atoms with E-state index in [-0.39, 0.29) is 5.78 Å². The lowest BCUT2D eigenvalue weighted by Gasteiger charge is -2.40. The van der Waals surface area contributed by atoms with E-state index in [1.165, 1.54) is 0 Å². The van der Waals surface area contributed by atoms with Gasteiger partial charge in [-0.2, -0.15) is 0 Å². The van der Waals surface area contributed by atoms with Gasteiger partial charge < -0.3 is 4.48 Å². The molecule has 1 aromatic rings. The molecule has 1 aromatic carbocycles. The molecule has 0 radical (unpaired) electrons. The van der Waals surface area contributed by atoms with Gasteiger partial charge in [-0.1, -0.05) is 29.4 Å². The quantitative estimate of drug-likeness (QED) is 0.278. The molecule has 0 N–H and O–H groups in total. The van der Waals surface area contributed by atoms with E-state index in [9.17, 15) is 4.79 Å². The molecule has 1 aliphatic heterocycles. The third kappa shape index (κ3) is 3.57. The van der Waals surface area contributed by atoms with Gasteiger partial charge >= 0.3 is 0 Å². The van der Waals surface area contributed by atoms with Gasteiger partial charge in [-0.25, -0.2) is 0 Å². The standard InChI is InChI=1S/C14H20N5O/c1-18-7-9-19(2,10-8-18)11-14(20)12-3-5-13(6-4-12)16-17-15/h3-6H,7-11H2,1-2H3/q+1. The molecule has 20 heavy (non-hydrogen) atoms. The third-order valence-corrected chi connectivity index (χ3v) is 3.92. The summed E-state index contributed by atoms with van der Waals surface area (Å²) in [6.45, 7) is 4.58. The van der Waals surface area contributed by atoms with E-state index >= 15 is 0 Å². The van der Waals surface area contributed by atoms with Crippen LogP contribution in [0.5, 0.6) is 0 Å². The van der Waals surface area contributed by atoms with Crippen LogP contribution in [-0.2, 0) is 0 Å². The lowest BCUT2D eigenvalue weighted by Crippen LogP contribution is -2.58. The smallest absolute Gasteiger partial charge is 0.216 e. The van der Waals surface area contributed by atoms with Crippen LogP contribution in [0, 0.1) is 0 Å². The average Bonchev–Trinajstić information content (AvgIpc) is 2.43. The van der Waals surface area contributed by atoms with Crippen molar-refractivity contribution in [1.29, 1.82) is 0 Å². The molecule has 6 heteroatoms. The molecule has 1 aliphatic rings. The van der Waals surface area contributed by atoms with Crippen LogP contribution in [0.2, 0.25) is 0 Å². The maximum Gasteiger partial charge on any atom is 0.216 e. The van der Waals surface area contributed by atoms with Gasteiger partial charge in [-0.15, -0.1) is 0 Å². The fourth-order valence-corrected chi connectivity index (χ4v) is 2.41. The van der Waals surface area contributed by atoms with Gasteiger partial charge in [0.25, 0.3) is 0 Å². The number of piperazine rings is 1. The Bertz CT molecular complexity index is 525. The molecule has 1 fully saturated rings. The lowest BCUT2D eigenvalue weighted by atomic mass is 10.1. The van der Waals surface area contributed by atoms with Gasteiger partial charge in [-0.3, -0.25) is 9.69 Å². The summed E-state index contributed by atoms with van der Waals surface area (Å²) in [6, 6.07) is 6.82. The summed E-state index contributed by atoms with van der Waals surface area (Å²) < 4.78 is 0.793. The van der Waals surface area contributed by atoms with Crippen LogP contribution < -0.4 is 0 Å². The summed E-state index contributed by atoms with van der Waals surface area (Å²) in [5.74, 6) is 0.143. The number of benzene rings is 1. The monoisotopic (exact) mass is 274 g/mol. The predicted molar refractivity (Wildman–Crippen MR) is 77.9 cm³/mol. The number of Topliss-reactive ketones (excluding diaryl/α,β-unsaturated/α-hetero) is 1. The summed E-state index contributed by atoms with van der Waals surface area (Å²) >= 11 is 0. The van der Waals surface area contributed by atoms with Gasteiger partial charge in [0, 0.05) is 29.3 Å². The number of rotatable bonds is 4. The largest absolute Gasteiger partial charge is 0.317 e. The average molecular weight is 274 g/mol. The first kappa shape index (κ1) is 14.5. The highest BCUT2D eigenvalue weighted by atomic mass is 16.1. The first-order valence-corrected chi connectivity index (χ1v) is 6.73. The lowest BCUT2D eigenvalue weighted by molar-refractivity contribution is -0.905. The molecular weight excluding hydrogens is 254 g/mol. The molecule has 2 rings (SSSR count). The fourth-order valence-electron chi connectivity index (χ4n) is 2.41. The molecule has 0 aromatic heterocycles. The number of likely N-dealkylation sites (N-methyl/N-ethyl adjacent to an activating group) is 2. The molecule has 0 bridgehead atoms. The van der Waals surface area contributed by atoms with Crippen LogP contribution in [0.1, 0.15) is 10.4 Å². The maximum atomic E-state index is 12.3. The second-order valence-corrected chi connectivity index (χ2v) is 5.69. The van der Waals surface area contributed by atoms with Crippen LogP contribution in [-0.4, -0.2) is 62.0 Å². The van der Waals surface area contributed by atoms with Gasteiger partial charge in [0.05, 0.1) is 20.1 Å². The van der Waals surface area contributed by atoms with Crippen molar-refractivity contribution < 1.29 is 9.28 Å². The van der Waals surface area contributed by atoms with Gasteiger partial charge in [0.1, 0.15) is 6.54 Å². The van der Waals surface area contributed by atoms with Crippen molar-refractivity contribution in [2.75, 3.05) is 46.8 Å². The number of nitrogens with zero attached hydrogens (tertiary/aromatic N) is 5. The summed E-state index contributed by atoms with van der Waals surface area (Å²) in [5.41, 5.74) is 9.57. The van der Waals surface area contributed by atoms with E-state index in [0.29, 0.717) is 17.8 Å². The zero-order valence-electron chi connectivity index (χ0n) is 12.0. The summed E-state index contributed by atoms with van der Waals surface area (Å²) in [6.07, 6.45) is 0. The third-order valence-electron chi connectivity index (χ3n) is 3.92. The van der Waals surface area contributed by atoms with E-state index < -0.39 is 0 Å². The normalized spacial score (nSPS) is 18.3. The Balaban J connectivity index is 2.02. The van der Waals surface area contributed by atoms with Crippen LogP contribution in [0.4, 0.5) is 5.69 Å². The van der Waals surface area contributed by atoms with E-state index in [1.54, 1.807) is 24.3 Å². The molecule has 0 aliphatic carbocycles. The second-order valence-electron chi connectivity index (χ2n) is 5.69. The minimum atomic E-state index is 0.143. The van der Waals surface area contributed by atoms with Crippen LogP contribution in [0.15, 0.2) is 29.4 Å². The zero-order valence-corrected chi connectivity index (χ0v) is 12.0. The Hall–Kier alpha value is -1.88. The first-order valence-electron chi connectivity index (χ1n) is 6.73. The number of hydrogen-bond donors (Lipinski definition) is 0. The van der Waals surface area contributed by atoms with Gasteiger partial charge in [0.15, 0.2) is 0 Å². The van der Waals surface area contributed by atoms with Gasteiger partial charge in [-0.05, 0) is 12.6 Å². The van der Waals surface area contributed by atoms with Crippen molar-refractivity contribution in [3.8, 4) is 0 Å². The second kappa shape index (κ2) is 6.05. The highest BCUT2D eigenvalue weighted by Crippen LogP contribution is 2.16. The maximum absolute atomic E-state index is 12.3. The Kier molecular flexibility index (Phi) is 4.39. The predicted octanol–water partition coefficient (Wildman–Crippen LogP) is 2.20. The van der Waals surface area contributed by atoms with Crippen molar-refractivity contribution in [3.05, 3.63) is 40.3 Å². The highest BCUT2D eigenvalue weighted by Gasteiger charge is 2.29. The SMILES string of the molecule is CN1CC[N+](C)(CC(=O)c2ccc(N=[N+]=[N-])cc2)CC1. The number of quaternary nitrogens is 1. The number of ketones is 1. The fraction of sp³-hybridized carbons (Fsp3) is 0.500. The van der Waals surface area contributed by atoms with Crippen molar-refractivity contribution in [2.24, 2.45) is 5.11 Å². The molecule has 1 heterocycles. The van der Waals surface area contributed by atoms with Crippen molar-refractivity contribution >= 4 is 11.5 Å². The molecule has 0 saturated carbocycles. The van der Waals surface area contributed by atoms with E-state index in [4.69, 9.17) is 5.53 Å². The Labute approximate surface area is 118 Å². The molecule has 0 spiro atoms. The molecule has 6 nitrogen and oxygen atoms in total. The van der Waals surface area contributed by atoms with Crippen LogP contribution >= 0.6 is 0 Å².